The molecule has 53 heavy (non-hydrogen) atoms. The zero-order chi connectivity index (χ0) is 37.9. The Balaban J connectivity index is 1.13. The molecule has 2 unspecified atom stereocenters. The molecule has 1 saturated carbocycles. The lowest BCUT2D eigenvalue weighted by atomic mass is 9.52. The third-order valence-corrected chi connectivity index (χ3v) is 10.9. The van der Waals surface area contributed by atoms with Crippen molar-refractivity contribution < 1.29 is 38.1 Å². The molecule has 1 N–H and O–H groups in total. The fourth-order valence-corrected chi connectivity index (χ4v) is 8.35. The van der Waals surface area contributed by atoms with Crippen LogP contribution in [0.1, 0.15) is 86.8 Å². The number of hydrogen-bond acceptors (Lipinski definition) is 10. The van der Waals surface area contributed by atoms with Crippen LogP contribution < -0.4 is 10.1 Å². The van der Waals surface area contributed by atoms with Crippen LogP contribution in [0.3, 0.4) is 0 Å². The number of benzene rings is 2. The van der Waals surface area contributed by atoms with Gasteiger partial charge in [0.1, 0.15) is 17.4 Å². The molecule has 6 rings (SSSR count). The maximum atomic E-state index is 13.6. The summed E-state index contributed by atoms with van der Waals surface area (Å²) < 4.78 is 21.7. The van der Waals surface area contributed by atoms with E-state index in [-0.39, 0.29) is 23.5 Å². The van der Waals surface area contributed by atoms with Crippen molar-refractivity contribution in [2.75, 3.05) is 19.7 Å². The van der Waals surface area contributed by atoms with Gasteiger partial charge in [-0.15, -0.1) is 0 Å². The van der Waals surface area contributed by atoms with Crippen LogP contribution in [0.2, 0.25) is 0 Å². The van der Waals surface area contributed by atoms with Gasteiger partial charge in [-0.05, 0) is 114 Å². The first kappa shape index (κ1) is 38.3. The van der Waals surface area contributed by atoms with Gasteiger partial charge >= 0.3 is 24.0 Å². The number of piperidine rings is 1. The van der Waals surface area contributed by atoms with Crippen molar-refractivity contribution in [2.24, 2.45) is 5.92 Å². The van der Waals surface area contributed by atoms with E-state index in [1.807, 2.05) is 24.3 Å². The molecule has 5 atom stereocenters. The second kappa shape index (κ2) is 15.9. The van der Waals surface area contributed by atoms with E-state index in [1.54, 1.807) is 45.0 Å². The molecule has 0 radical (unpaired) electrons. The normalized spacial score (nSPS) is 21.9. The minimum absolute atomic E-state index is 0.0566. The molecular formula is C41H48ClN3O8. The molecular weight excluding hydrogens is 698 g/mol. The van der Waals surface area contributed by atoms with E-state index in [0.717, 1.165) is 31.4 Å². The minimum atomic E-state index is -1.24. The molecule has 2 fully saturated rings. The topological polar surface area (TPSA) is 133 Å². The number of nitrogens with zero attached hydrogens (tertiary/aromatic N) is 2. The molecule has 3 aromatic rings. The Kier molecular flexibility index (Phi) is 11.4. The third-order valence-electron chi connectivity index (χ3n) is 10.8. The highest BCUT2D eigenvalue weighted by molar-refractivity contribution is 6.17. The van der Waals surface area contributed by atoms with Crippen molar-refractivity contribution in [3.05, 3.63) is 83.0 Å². The summed E-state index contributed by atoms with van der Waals surface area (Å²) in [6.07, 6.45) is 6.32. The van der Waals surface area contributed by atoms with Crippen molar-refractivity contribution in [1.29, 1.82) is 0 Å². The molecule has 282 valence electrons. The number of nitrogens with one attached hydrogen (secondary N) is 1. The second-order valence-electron chi connectivity index (χ2n) is 15.4. The van der Waals surface area contributed by atoms with Gasteiger partial charge in [0.15, 0.2) is 12.2 Å². The Hall–Kier alpha value is -4.48. The Morgan fingerprint density at radius 3 is 2.49 bits per heavy atom. The van der Waals surface area contributed by atoms with Crippen molar-refractivity contribution in [1.82, 2.24) is 15.2 Å². The van der Waals surface area contributed by atoms with Crippen LogP contribution in [0.5, 0.6) is 5.75 Å². The van der Waals surface area contributed by atoms with Crippen LogP contribution in [0, 0.1) is 5.92 Å². The standard InChI is InChI=1S/C41H48ClN3O8/c1-25(36(46)52-30-15-13-28-21-35-31-8-6-7-17-41(31,32(28)22-30)18-19-45(35)5)51-38(48)34(44-39(49)53-40(2,3)4)20-26-9-11-27(12-10-26)33-16-14-29(23-43-33)37(47)50-24-42/h9-16,22-23,25,31,34-35H,6-8,17-21,24H2,1-5H3,(H,44,49)/t25?,31-,34?,35+,41+/m1/s1. The van der Waals surface area contributed by atoms with E-state index in [1.165, 1.54) is 43.5 Å². The van der Waals surface area contributed by atoms with Crippen LogP contribution in [0.4, 0.5) is 4.79 Å². The fraction of sp³-hybridized carbons (Fsp3) is 0.488. The zero-order valence-electron chi connectivity index (χ0n) is 31.0. The quantitative estimate of drug-likeness (QED) is 0.103. The number of fused-ring (bicyclic) bond motifs is 1. The van der Waals surface area contributed by atoms with E-state index < -0.39 is 41.7 Å². The number of aromatic nitrogens is 1. The lowest BCUT2D eigenvalue weighted by molar-refractivity contribution is -0.162. The molecule has 1 aromatic heterocycles. The first-order valence-corrected chi connectivity index (χ1v) is 18.8. The number of halogens is 1. The third kappa shape index (κ3) is 8.68. The molecule has 1 saturated heterocycles. The first-order chi connectivity index (χ1) is 25.3. The van der Waals surface area contributed by atoms with Gasteiger partial charge in [0.25, 0.3) is 0 Å². The fourth-order valence-electron chi connectivity index (χ4n) is 8.25. The first-order valence-electron chi connectivity index (χ1n) is 18.3. The summed E-state index contributed by atoms with van der Waals surface area (Å²) in [5.41, 5.74) is 4.27. The van der Waals surface area contributed by atoms with E-state index in [2.05, 4.69) is 28.3 Å². The number of likely N-dealkylation sites (tertiary alicyclic amines) is 1. The van der Waals surface area contributed by atoms with Crippen molar-refractivity contribution in [2.45, 2.75) is 102 Å². The number of pyridine rings is 1. The number of carbonyl (C=O) groups excluding carboxylic acids is 4. The number of ether oxygens (including phenoxy) is 4. The molecule has 2 aromatic carbocycles. The van der Waals surface area contributed by atoms with E-state index in [9.17, 15) is 19.2 Å². The summed E-state index contributed by atoms with van der Waals surface area (Å²) >= 11 is 5.48. The van der Waals surface area contributed by atoms with Gasteiger partial charge in [0.05, 0.1) is 11.3 Å². The van der Waals surface area contributed by atoms with Gasteiger partial charge in [-0.1, -0.05) is 54.8 Å². The molecule has 2 heterocycles. The number of rotatable bonds is 10. The lowest BCUT2D eigenvalue weighted by Crippen LogP contribution is -2.59. The largest absolute Gasteiger partial charge is 0.449 e. The average Bonchev–Trinajstić information content (AvgIpc) is 3.12. The van der Waals surface area contributed by atoms with Crippen molar-refractivity contribution >= 4 is 35.6 Å². The smallest absolute Gasteiger partial charge is 0.408 e. The molecule has 11 nitrogen and oxygen atoms in total. The van der Waals surface area contributed by atoms with Gasteiger partial charge in [0.2, 0.25) is 0 Å². The van der Waals surface area contributed by atoms with Gasteiger partial charge in [-0.3, -0.25) is 4.98 Å². The number of carbonyl (C=O) groups is 4. The lowest BCUT2D eigenvalue weighted by Gasteiger charge is -2.58. The summed E-state index contributed by atoms with van der Waals surface area (Å²) in [7, 11) is 2.24. The van der Waals surface area contributed by atoms with Gasteiger partial charge in [0, 0.05) is 29.6 Å². The summed E-state index contributed by atoms with van der Waals surface area (Å²) in [6, 6.07) is 15.6. The summed E-state index contributed by atoms with van der Waals surface area (Å²) in [6.45, 7) is 7.68. The number of alkyl halides is 1. The van der Waals surface area contributed by atoms with Gasteiger partial charge in [-0.2, -0.15) is 0 Å². The predicted molar refractivity (Wildman–Crippen MR) is 199 cm³/mol. The number of alkyl carbamates (subject to hydrolysis) is 1. The SMILES string of the molecule is CC(OC(=O)C(Cc1ccc(-c2ccc(C(=O)OCCl)cn2)cc1)NC(=O)OC(C)(C)C)C(=O)Oc1ccc2c(c1)[C@]13CCCC[C@@H]1[C@H](C2)N(C)CC3. The van der Waals surface area contributed by atoms with Gasteiger partial charge in [-0.25, -0.2) is 19.2 Å². The number of esters is 3. The number of hydrogen-bond donors (Lipinski definition) is 1. The molecule has 1 aliphatic heterocycles. The van der Waals surface area contributed by atoms with E-state index in [4.69, 9.17) is 30.5 Å². The van der Waals surface area contributed by atoms with E-state index >= 15 is 0 Å². The highest BCUT2D eigenvalue weighted by atomic mass is 35.5. The van der Waals surface area contributed by atoms with Gasteiger partial charge < -0.3 is 29.2 Å². The molecule has 0 spiro atoms. The summed E-state index contributed by atoms with van der Waals surface area (Å²) in [4.78, 5) is 58.5. The second-order valence-corrected chi connectivity index (χ2v) is 15.6. The van der Waals surface area contributed by atoms with E-state index in [0.29, 0.717) is 29.0 Å². The van der Waals surface area contributed by atoms with Crippen molar-refractivity contribution in [3.8, 4) is 17.0 Å². The maximum absolute atomic E-state index is 13.6. The Labute approximate surface area is 315 Å². The molecule has 12 heteroatoms. The summed E-state index contributed by atoms with van der Waals surface area (Å²) in [5.74, 6) is -1.05. The highest BCUT2D eigenvalue weighted by Crippen LogP contribution is 2.56. The van der Waals surface area contributed by atoms with Crippen molar-refractivity contribution in [3.63, 3.8) is 0 Å². The average molecular weight is 746 g/mol. The zero-order valence-corrected chi connectivity index (χ0v) is 31.7. The Morgan fingerprint density at radius 1 is 1.02 bits per heavy atom. The van der Waals surface area contributed by atoms with Crippen LogP contribution in [-0.2, 0) is 42.1 Å². The van der Waals surface area contributed by atoms with Crippen LogP contribution >= 0.6 is 11.6 Å². The van der Waals surface area contributed by atoms with Crippen LogP contribution in [0.25, 0.3) is 11.3 Å². The number of likely N-dealkylation sites (N-methyl/N-ethyl adjacent to an activating group) is 1. The minimum Gasteiger partial charge on any atom is -0.449 e. The highest BCUT2D eigenvalue weighted by Gasteiger charge is 2.53. The Bertz CT molecular complexity index is 1830. The Morgan fingerprint density at radius 2 is 1.79 bits per heavy atom. The molecule has 2 aliphatic carbocycles. The maximum Gasteiger partial charge on any atom is 0.408 e. The van der Waals surface area contributed by atoms with Crippen LogP contribution in [0.15, 0.2) is 60.8 Å². The monoisotopic (exact) mass is 745 g/mol. The number of amides is 1. The summed E-state index contributed by atoms with van der Waals surface area (Å²) in [5, 5.41) is 2.62. The molecule has 1 amide bonds. The molecule has 3 aliphatic rings. The molecule has 2 bridgehead atoms. The van der Waals surface area contributed by atoms with Crippen LogP contribution in [-0.4, -0.2) is 77.3 Å². The predicted octanol–water partition coefficient (Wildman–Crippen LogP) is 6.76.